The molecule has 1 aliphatic heterocycles. The van der Waals surface area contributed by atoms with Gasteiger partial charge in [-0.2, -0.15) is 4.39 Å². The van der Waals surface area contributed by atoms with Crippen molar-refractivity contribution in [2.24, 2.45) is 0 Å². The van der Waals surface area contributed by atoms with Gasteiger partial charge in [0, 0.05) is 6.42 Å². The molecule has 0 aromatic carbocycles. The van der Waals surface area contributed by atoms with Crippen molar-refractivity contribution in [3.63, 3.8) is 0 Å². The van der Waals surface area contributed by atoms with Gasteiger partial charge >= 0.3 is 0 Å². The summed E-state index contributed by atoms with van der Waals surface area (Å²) in [6.45, 7) is 0. The Hall–Kier alpha value is -2.05. The SMILES string of the molecule is O=C1CCC(n2cnc(F)cc2=O)C(=O)N1. The van der Waals surface area contributed by atoms with Gasteiger partial charge < -0.3 is 0 Å². The first-order valence-corrected chi connectivity index (χ1v) is 4.65. The van der Waals surface area contributed by atoms with E-state index in [0.29, 0.717) is 6.07 Å². The van der Waals surface area contributed by atoms with Gasteiger partial charge in [0.1, 0.15) is 12.4 Å². The molecule has 1 N–H and O–H groups in total. The van der Waals surface area contributed by atoms with Crippen molar-refractivity contribution in [2.75, 3.05) is 0 Å². The van der Waals surface area contributed by atoms with Crippen LogP contribution in [0.3, 0.4) is 0 Å². The normalized spacial score (nSPS) is 20.7. The van der Waals surface area contributed by atoms with Gasteiger partial charge in [0.15, 0.2) is 0 Å². The van der Waals surface area contributed by atoms with Crippen molar-refractivity contribution >= 4 is 11.8 Å². The topological polar surface area (TPSA) is 81.1 Å². The lowest BCUT2D eigenvalue weighted by atomic mass is 10.1. The highest BCUT2D eigenvalue weighted by Crippen LogP contribution is 2.15. The molecule has 1 aromatic rings. The lowest BCUT2D eigenvalue weighted by Crippen LogP contribution is -2.44. The fraction of sp³-hybridized carbons (Fsp3) is 0.333. The van der Waals surface area contributed by atoms with E-state index in [1.807, 2.05) is 0 Å². The first-order chi connectivity index (χ1) is 7.58. The zero-order valence-electron chi connectivity index (χ0n) is 8.14. The molecule has 2 amide bonds. The summed E-state index contributed by atoms with van der Waals surface area (Å²) < 4.78 is 13.6. The van der Waals surface area contributed by atoms with E-state index >= 15 is 0 Å². The van der Waals surface area contributed by atoms with Gasteiger partial charge in [-0.15, -0.1) is 0 Å². The molecule has 1 aliphatic rings. The third kappa shape index (κ3) is 1.83. The molecule has 1 atom stereocenters. The Kier molecular flexibility index (Phi) is 2.51. The van der Waals surface area contributed by atoms with Crippen LogP contribution in [-0.4, -0.2) is 21.4 Å². The summed E-state index contributed by atoms with van der Waals surface area (Å²) >= 11 is 0. The molecule has 0 spiro atoms. The summed E-state index contributed by atoms with van der Waals surface area (Å²) in [7, 11) is 0. The van der Waals surface area contributed by atoms with Gasteiger partial charge in [-0.05, 0) is 6.42 Å². The lowest BCUT2D eigenvalue weighted by molar-refractivity contribution is -0.135. The molecule has 16 heavy (non-hydrogen) atoms. The molecule has 6 nitrogen and oxygen atoms in total. The Morgan fingerprint density at radius 1 is 1.44 bits per heavy atom. The maximum Gasteiger partial charge on any atom is 0.257 e. The van der Waals surface area contributed by atoms with E-state index in [9.17, 15) is 18.8 Å². The van der Waals surface area contributed by atoms with E-state index in [4.69, 9.17) is 0 Å². The maximum atomic E-state index is 12.6. The minimum absolute atomic E-state index is 0.153. The predicted octanol–water partition coefficient (Wildman–Crippen LogP) is -0.640. The molecule has 84 valence electrons. The van der Waals surface area contributed by atoms with Crippen molar-refractivity contribution in [1.82, 2.24) is 14.9 Å². The number of imide groups is 1. The third-order valence-electron chi connectivity index (χ3n) is 2.35. The number of carbonyl (C=O) groups excluding carboxylic acids is 2. The number of aromatic nitrogens is 2. The van der Waals surface area contributed by atoms with Crippen molar-refractivity contribution in [3.8, 4) is 0 Å². The third-order valence-corrected chi connectivity index (χ3v) is 2.35. The van der Waals surface area contributed by atoms with Gasteiger partial charge in [-0.3, -0.25) is 24.3 Å². The smallest absolute Gasteiger partial charge is 0.257 e. The molecule has 1 saturated heterocycles. The van der Waals surface area contributed by atoms with Crippen LogP contribution < -0.4 is 10.9 Å². The molecular formula is C9H8FN3O3. The van der Waals surface area contributed by atoms with E-state index in [1.54, 1.807) is 0 Å². The van der Waals surface area contributed by atoms with Gasteiger partial charge in [0.2, 0.25) is 17.8 Å². The van der Waals surface area contributed by atoms with Gasteiger partial charge in [-0.1, -0.05) is 0 Å². The van der Waals surface area contributed by atoms with Crippen LogP contribution in [0, 0.1) is 5.95 Å². The van der Waals surface area contributed by atoms with Gasteiger partial charge in [-0.25, -0.2) is 4.98 Å². The summed E-state index contributed by atoms with van der Waals surface area (Å²) in [4.78, 5) is 37.0. The lowest BCUT2D eigenvalue weighted by Gasteiger charge is -2.22. The second-order valence-corrected chi connectivity index (χ2v) is 3.42. The minimum atomic E-state index is -0.895. The van der Waals surface area contributed by atoms with Gasteiger partial charge in [0.05, 0.1) is 6.07 Å². The van der Waals surface area contributed by atoms with Crippen LogP contribution in [0.4, 0.5) is 4.39 Å². The molecule has 0 bridgehead atoms. The van der Waals surface area contributed by atoms with Crippen molar-refractivity contribution in [2.45, 2.75) is 18.9 Å². The van der Waals surface area contributed by atoms with E-state index in [2.05, 4.69) is 10.3 Å². The highest BCUT2D eigenvalue weighted by atomic mass is 19.1. The number of carbonyl (C=O) groups is 2. The Morgan fingerprint density at radius 3 is 2.81 bits per heavy atom. The number of nitrogens with one attached hydrogen (secondary N) is 1. The zero-order valence-corrected chi connectivity index (χ0v) is 8.14. The minimum Gasteiger partial charge on any atom is -0.295 e. The maximum absolute atomic E-state index is 12.6. The number of piperidine rings is 1. The fourth-order valence-corrected chi connectivity index (χ4v) is 1.57. The Bertz CT molecular complexity index is 511. The molecule has 7 heteroatoms. The highest BCUT2D eigenvalue weighted by molar-refractivity contribution is 5.99. The van der Waals surface area contributed by atoms with Crippen molar-refractivity contribution in [3.05, 3.63) is 28.7 Å². The molecule has 0 radical (unpaired) electrons. The fourth-order valence-electron chi connectivity index (χ4n) is 1.57. The summed E-state index contributed by atoms with van der Waals surface area (Å²) in [6, 6.07) is -0.0951. The number of hydrogen-bond donors (Lipinski definition) is 1. The van der Waals surface area contributed by atoms with Crippen LogP contribution in [0.5, 0.6) is 0 Å². The highest BCUT2D eigenvalue weighted by Gasteiger charge is 2.28. The Labute approximate surface area is 89.1 Å². The number of hydrogen-bond acceptors (Lipinski definition) is 4. The average Bonchev–Trinajstić information content (AvgIpc) is 2.19. The van der Waals surface area contributed by atoms with Crippen LogP contribution >= 0.6 is 0 Å². The summed E-state index contributed by atoms with van der Waals surface area (Å²) in [6.07, 6.45) is 1.34. The van der Waals surface area contributed by atoms with Crippen molar-refractivity contribution in [1.29, 1.82) is 0 Å². The first-order valence-electron chi connectivity index (χ1n) is 4.65. The van der Waals surface area contributed by atoms with Crippen LogP contribution in [0.25, 0.3) is 0 Å². The molecular weight excluding hydrogens is 217 g/mol. The molecule has 1 fully saturated rings. The molecule has 2 rings (SSSR count). The summed E-state index contributed by atoms with van der Waals surface area (Å²) in [5.41, 5.74) is -0.651. The standard InChI is InChI=1S/C9H8FN3O3/c10-6-3-8(15)13(4-11-6)5-1-2-7(14)12-9(5)16/h3-5H,1-2H2,(H,12,14,16). The Balaban J connectivity index is 2.34. The molecule has 0 aliphatic carbocycles. The second-order valence-electron chi connectivity index (χ2n) is 3.42. The number of amides is 2. The van der Waals surface area contributed by atoms with Crippen molar-refractivity contribution < 1.29 is 14.0 Å². The van der Waals surface area contributed by atoms with E-state index in [0.717, 1.165) is 10.9 Å². The van der Waals surface area contributed by atoms with Gasteiger partial charge in [0.25, 0.3) is 5.56 Å². The molecule has 2 heterocycles. The predicted molar refractivity (Wildman–Crippen MR) is 49.9 cm³/mol. The zero-order chi connectivity index (χ0) is 11.7. The summed E-state index contributed by atoms with van der Waals surface area (Å²) in [5.74, 6) is -1.83. The Morgan fingerprint density at radius 2 is 2.19 bits per heavy atom. The van der Waals surface area contributed by atoms with E-state index < -0.39 is 23.5 Å². The molecule has 0 saturated carbocycles. The monoisotopic (exact) mass is 225 g/mol. The quantitative estimate of drug-likeness (QED) is 0.509. The van der Waals surface area contributed by atoms with Crippen LogP contribution in [0.2, 0.25) is 0 Å². The van der Waals surface area contributed by atoms with E-state index in [1.165, 1.54) is 0 Å². The second kappa shape index (κ2) is 3.84. The number of halogens is 1. The van der Waals surface area contributed by atoms with Crippen LogP contribution in [0.15, 0.2) is 17.2 Å². The first kappa shape index (κ1) is 10.5. The molecule has 1 unspecified atom stereocenters. The number of rotatable bonds is 1. The van der Waals surface area contributed by atoms with Crippen LogP contribution in [0.1, 0.15) is 18.9 Å². The summed E-state index contributed by atoms with van der Waals surface area (Å²) in [5, 5.41) is 2.11. The largest absolute Gasteiger partial charge is 0.295 e. The number of nitrogens with zero attached hydrogens (tertiary/aromatic N) is 2. The molecule has 1 aromatic heterocycles. The average molecular weight is 225 g/mol. The van der Waals surface area contributed by atoms with E-state index in [-0.39, 0.29) is 18.7 Å². The van der Waals surface area contributed by atoms with Crippen LogP contribution in [-0.2, 0) is 9.59 Å².